The third kappa shape index (κ3) is 2.49. The molecule has 4 nitrogen and oxygen atoms in total. The molecule has 0 aromatic rings. The van der Waals surface area contributed by atoms with E-state index in [4.69, 9.17) is 5.73 Å². The molecule has 0 saturated carbocycles. The van der Waals surface area contributed by atoms with Crippen LogP contribution in [0.25, 0.3) is 0 Å². The third-order valence-corrected chi connectivity index (χ3v) is 3.15. The van der Waals surface area contributed by atoms with Crippen LogP contribution in [0, 0.1) is 0 Å². The van der Waals surface area contributed by atoms with Crippen molar-refractivity contribution in [3.8, 4) is 0 Å². The summed E-state index contributed by atoms with van der Waals surface area (Å²) in [6.07, 6.45) is 0.966. The molecule has 3 N–H and O–H groups in total. The van der Waals surface area contributed by atoms with Crippen LogP contribution < -0.4 is 11.1 Å². The van der Waals surface area contributed by atoms with Crippen LogP contribution in [0.2, 0.25) is 0 Å². The lowest BCUT2D eigenvalue weighted by molar-refractivity contribution is -0.127. The lowest BCUT2D eigenvalue weighted by atomic mass is 9.95. The minimum Gasteiger partial charge on any atom is -0.355 e. The molecule has 0 aliphatic carbocycles. The maximum atomic E-state index is 11.8. The first-order valence-electron chi connectivity index (χ1n) is 5.66. The highest BCUT2D eigenvalue weighted by Gasteiger charge is 2.39. The van der Waals surface area contributed by atoms with E-state index in [1.54, 1.807) is 0 Å². The molecule has 0 spiro atoms. The number of amides is 1. The van der Waals surface area contributed by atoms with Gasteiger partial charge < -0.3 is 11.1 Å². The third-order valence-electron chi connectivity index (χ3n) is 3.15. The lowest BCUT2D eigenvalue weighted by Crippen LogP contribution is -2.58. The van der Waals surface area contributed by atoms with Crippen LogP contribution in [-0.2, 0) is 4.79 Å². The fraction of sp³-hybridized carbons (Fsp3) is 0.909. The Morgan fingerprint density at radius 3 is 2.67 bits per heavy atom. The van der Waals surface area contributed by atoms with Crippen molar-refractivity contribution >= 4 is 5.91 Å². The van der Waals surface area contributed by atoms with E-state index in [-0.39, 0.29) is 17.5 Å². The van der Waals surface area contributed by atoms with Crippen molar-refractivity contribution in [3.05, 3.63) is 0 Å². The van der Waals surface area contributed by atoms with E-state index in [0.29, 0.717) is 12.6 Å². The molecule has 1 amide bonds. The average Bonchev–Trinajstić information content (AvgIpc) is 2.21. The zero-order chi connectivity index (χ0) is 11.6. The van der Waals surface area contributed by atoms with E-state index in [1.165, 1.54) is 0 Å². The molecule has 1 aliphatic rings. The summed E-state index contributed by atoms with van der Waals surface area (Å²) < 4.78 is 0. The summed E-state index contributed by atoms with van der Waals surface area (Å²) in [5.74, 6) is 0.0665. The molecule has 0 aromatic heterocycles. The Morgan fingerprint density at radius 2 is 2.20 bits per heavy atom. The molecule has 1 aliphatic heterocycles. The fourth-order valence-electron chi connectivity index (χ4n) is 2.57. The molecule has 1 rings (SSSR count). The van der Waals surface area contributed by atoms with Gasteiger partial charge in [0.25, 0.3) is 0 Å². The van der Waals surface area contributed by atoms with Crippen molar-refractivity contribution in [2.45, 2.75) is 51.7 Å². The van der Waals surface area contributed by atoms with Gasteiger partial charge in [-0.1, -0.05) is 0 Å². The second-order valence-electron chi connectivity index (χ2n) is 5.11. The van der Waals surface area contributed by atoms with Gasteiger partial charge in [-0.2, -0.15) is 0 Å². The van der Waals surface area contributed by atoms with E-state index >= 15 is 0 Å². The van der Waals surface area contributed by atoms with E-state index in [2.05, 4.69) is 37.9 Å². The number of nitrogens with two attached hydrogens (primary N) is 1. The molecule has 1 unspecified atom stereocenters. The first-order chi connectivity index (χ1) is 6.90. The number of hydrogen-bond acceptors (Lipinski definition) is 3. The molecule has 1 saturated heterocycles. The summed E-state index contributed by atoms with van der Waals surface area (Å²) >= 11 is 0. The normalized spacial score (nSPS) is 27.6. The zero-order valence-electron chi connectivity index (χ0n) is 10.2. The molecular weight excluding hydrogens is 190 g/mol. The van der Waals surface area contributed by atoms with Gasteiger partial charge >= 0.3 is 0 Å². The van der Waals surface area contributed by atoms with Crippen molar-refractivity contribution in [1.29, 1.82) is 0 Å². The summed E-state index contributed by atoms with van der Waals surface area (Å²) in [5, 5.41) is 2.93. The Bertz CT molecular complexity index is 238. The van der Waals surface area contributed by atoms with Crippen LogP contribution in [0.5, 0.6) is 0 Å². The van der Waals surface area contributed by atoms with Crippen LogP contribution in [0.3, 0.4) is 0 Å². The van der Waals surface area contributed by atoms with E-state index in [9.17, 15) is 4.79 Å². The second kappa shape index (κ2) is 4.49. The first kappa shape index (κ1) is 12.5. The van der Waals surface area contributed by atoms with Crippen molar-refractivity contribution in [2.24, 2.45) is 5.73 Å². The van der Waals surface area contributed by atoms with Gasteiger partial charge in [-0.05, 0) is 34.1 Å². The number of carbonyl (C=O) groups excluding carboxylic acids is 1. The van der Waals surface area contributed by atoms with Crippen LogP contribution in [-0.4, -0.2) is 41.5 Å². The summed E-state index contributed by atoms with van der Waals surface area (Å²) in [6, 6.07) is 0.139. The number of hydrogen-bond donors (Lipinski definition) is 2. The molecule has 0 aromatic carbocycles. The largest absolute Gasteiger partial charge is 0.355 e. The number of nitrogens with zero attached hydrogens (tertiary/aromatic N) is 1. The van der Waals surface area contributed by atoms with Crippen LogP contribution >= 0.6 is 0 Å². The molecule has 88 valence electrons. The van der Waals surface area contributed by atoms with Gasteiger partial charge in [0, 0.05) is 24.7 Å². The van der Waals surface area contributed by atoms with Gasteiger partial charge in [-0.15, -0.1) is 0 Å². The zero-order valence-corrected chi connectivity index (χ0v) is 10.2. The van der Waals surface area contributed by atoms with Gasteiger partial charge in [-0.3, -0.25) is 9.69 Å². The van der Waals surface area contributed by atoms with Crippen molar-refractivity contribution in [1.82, 2.24) is 10.2 Å². The quantitative estimate of drug-likeness (QED) is 0.694. The summed E-state index contributed by atoms with van der Waals surface area (Å²) in [6.45, 7) is 9.71. The van der Waals surface area contributed by atoms with Gasteiger partial charge in [-0.25, -0.2) is 0 Å². The maximum Gasteiger partial charge on any atom is 0.238 e. The summed E-state index contributed by atoms with van der Waals surface area (Å²) in [5.41, 5.74) is 5.74. The molecular formula is C11H23N3O. The van der Waals surface area contributed by atoms with Gasteiger partial charge in [0.2, 0.25) is 5.91 Å². The molecule has 15 heavy (non-hydrogen) atoms. The Hall–Kier alpha value is -0.610. The molecule has 0 bridgehead atoms. The SMILES string of the molecule is CC(C)N1C(CN)C(=O)NCCC1(C)C. The molecule has 1 fully saturated rings. The smallest absolute Gasteiger partial charge is 0.238 e. The van der Waals surface area contributed by atoms with Crippen LogP contribution in [0.15, 0.2) is 0 Å². The van der Waals surface area contributed by atoms with Crippen molar-refractivity contribution in [2.75, 3.05) is 13.1 Å². The maximum absolute atomic E-state index is 11.8. The van der Waals surface area contributed by atoms with E-state index < -0.39 is 0 Å². The molecule has 1 heterocycles. The first-order valence-corrected chi connectivity index (χ1v) is 5.66. The highest BCUT2D eigenvalue weighted by molar-refractivity contribution is 5.82. The lowest BCUT2D eigenvalue weighted by Gasteiger charge is -2.43. The number of carbonyl (C=O) groups is 1. The predicted octanol–water partition coefficient (Wildman–Crippen LogP) is 0.323. The number of nitrogens with one attached hydrogen (secondary N) is 1. The molecule has 4 heteroatoms. The van der Waals surface area contributed by atoms with Gasteiger partial charge in [0.1, 0.15) is 6.04 Å². The summed E-state index contributed by atoms with van der Waals surface area (Å²) in [7, 11) is 0. The molecule has 0 radical (unpaired) electrons. The Morgan fingerprint density at radius 1 is 1.60 bits per heavy atom. The minimum atomic E-state index is -0.192. The predicted molar refractivity (Wildman–Crippen MR) is 61.5 cm³/mol. The highest BCUT2D eigenvalue weighted by Crippen LogP contribution is 2.26. The van der Waals surface area contributed by atoms with Crippen LogP contribution in [0.1, 0.15) is 34.1 Å². The molecule has 1 atom stereocenters. The van der Waals surface area contributed by atoms with E-state index in [0.717, 1.165) is 13.0 Å². The van der Waals surface area contributed by atoms with Crippen molar-refractivity contribution < 1.29 is 4.79 Å². The van der Waals surface area contributed by atoms with Crippen LogP contribution in [0.4, 0.5) is 0 Å². The van der Waals surface area contributed by atoms with E-state index in [1.807, 2.05) is 0 Å². The fourth-order valence-corrected chi connectivity index (χ4v) is 2.57. The number of rotatable bonds is 2. The second-order valence-corrected chi connectivity index (χ2v) is 5.11. The average molecular weight is 213 g/mol. The Labute approximate surface area is 92.2 Å². The highest BCUT2D eigenvalue weighted by atomic mass is 16.2. The van der Waals surface area contributed by atoms with Gasteiger partial charge in [0.05, 0.1) is 0 Å². The Balaban J connectivity index is 3.00. The summed E-state index contributed by atoms with van der Waals surface area (Å²) in [4.78, 5) is 14.0. The van der Waals surface area contributed by atoms with Crippen molar-refractivity contribution in [3.63, 3.8) is 0 Å². The standard InChI is InChI=1S/C11H23N3O/c1-8(2)14-9(7-12)10(15)13-6-5-11(14,3)4/h8-9H,5-7,12H2,1-4H3,(H,13,15). The van der Waals surface area contributed by atoms with Gasteiger partial charge in [0.15, 0.2) is 0 Å². The minimum absolute atomic E-state index is 0.0252. The Kier molecular flexibility index (Phi) is 3.73. The topological polar surface area (TPSA) is 58.4 Å². The monoisotopic (exact) mass is 213 g/mol.